The summed E-state index contributed by atoms with van der Waals surface area (Å²) in [4.78, 5) is 53.7. The van der Waals surface area contributed by atoms with Crippen molar-refractivity contribution in [2.45, 2.75) is 0 Å². The molecule has 7 rings (SSSR count). The van der Waals surface area contributed by atoms with E-state index in [4.69, 9.17) is 14.2 Å². The third-order valence-electron chi connectivity index (χ3n) is 6.00. The van der Waals surface area contributed by atoms with Gasteiger partial charge in [0, 0.05) is 31.3 Å². The number of aliphatic imine (C=N–C) groups is 3. The monoisotopic (exact) mass is 609 g/mol. The van der Waals surface area contributed by atoms with E-state index in [-0.39, 0.29) is 34.8 Å². The number of hydrogen-bond acceptors (Lipinski definition) is 12. The fourth-order valence-electron chi connectivity index (χ4n) is 4.12. The summed E-state index contributed by atoms with van der Waals surface area (Å²) in [6.07, 6.45) is 4.92. The van der Waals surface area contributed by atoms with Gasteiger partial charge in [0.2, 0.25) is 17.7 Å². The van der Waals surface area contributed by atoms with Crippen LogP contribution in [0.25, 0.3) is 18.2 Å². The van der Waals surface area contributed by atoms with Gasteiger partial charge >= 0.3 is 17.9 Å². The van der Waals surface area contributed by atoms with E-state index in [0.29, 0.717) is 16.7 Å². The average molecular weight is 610 g/mol. The smallest absolute Gasteiger partial charge is 0.363 e. The molecule has 0 saturated heterocycles. The maximum atomic E-state index is 12.6. The molecule has 0 spiro atoms. The van der Waals surface area contributed by atoms with Gasteiger partial charge in [-0.15, -0.1) is 34.0 Å². The van der Waals surface area contributed by atoms with Gasteiger partial charge in [-0.3, -0.25) is 0 Å². The standard InChI is InChI=1S/C30H15N3O6S3/c34-28-22(13-19-4-1-7-40-19)31-25(37-28)16-10-17(26-32-23(29(35)38-26)14-20-5-2-8-41-20)12-18(11-16)27-33-24(30(36)39-27)15-21-6-3-9-42-21/h1-15H/b22-13-,23-14-,24-15+. The van der Waals surface area contributed by atoms with Gasteiger partial charge in [0.05, 0.1) is 0 Å². The van der Waals surface area contributed by atoms with Crippen molar-refractivity contribution < 1.29 is 28.6 Å². The van der Waals surface area contributed by atoms with E-state index in [9.17, 15) is 14.4 Å². The Morgan fingerprint density at radius 1 is 0.500 bits per heavy atom. The van der Waals surface area contributed by atoms with Gasteiger partial charge in [0.15, 0.2) is 17.1 Å². The minimum Gasteiger partial charge on any atom is -0.402 e. The van der Waals surface area contributed by atoms with Crippen LogP contribution in [0.15, 0.2) is 103 Å². The third-order valence-corrected chi connectivity index (χ3v) is 8.46. The van der Waals surface area contributed by atoms with Crippen molar-refractivity contribution in [3.63, 3.8) is 0 Å². The van der Waals surface area contributed by atoms with Gasteiger partial charge in [-0.2, -0.15) is 0 Å². The summed E-state index contributed by atoms with van der Waals surface area (Å²) in [7, 11) is 0. The van der Waals surface area contributed by atoms with Gasteiger partial charge in [-0.05, 0) is 70.8 Å². The Bertz CT molecular complexity index is 1710. The number of benzene rings is 1. The molecule has 1 aromatic carbocycles. The van der Waals surface area contributed by atoms with Gasteiger partial charge in [0.1, 0.15) is 0 Å². The lowest BCUT2D eigenvalue weighted by molar-refractivity contribution is -0.130. The highest BCUT2D eigenvalue weighted by Crippen LogP contribution is 2.28. The Morgan fingerprint density at radius 2 is 0.810 bits per heavy atom. The van der Waals surface area contributed by atoms with Gasteiger partial charge in [0.25, 0.3) is 0 Å². The molecule has 3 aliphatic heterocycles. The molecule has 4 aromatic rings. The minimum atomic E-state index is -0.609. The molecule has 0 aliphatic carbocycles. The van der Waals surface area contributed by atoms with Crippen molar-refractivity contribution in [1.82, 2.24) is 0 Å². The molecule has 3 aliphatic rings. The summed E-state index contributed by atoms with van der Waals surface area (Å²) in [5.74, 6) is -1.73. The minimum absolute atomic E-state index is 0.0319. The van der Waals surface area contributed by atoms with Crippen molar-refractivity contribution >= 4 is 87.8 Å². The second-order valence-corrected chi connectivity index (χ2v) is 11.8. The summed E-state index contributed by atoms with van der Waals surface area (Å²) in [5.41, 5.74) is 1.51. The lowest BCUT2D eigenvalue weighted by Gasteiger charge is -2.08. The molecule has 0 radical (unpaired) electrons. The zero-order valence-corrected chi connectivity index (χ0v) is 23.6. The van der Waals surface area contributed by atoms with Crippen LogP contribution in [0.3, 0.4) is 0 Å². The van der Waals surface area contributed by atoms with Crippen LogP contribution in [0.4, 0.5) is 0 Å². The van der Waals surface area contributed by atoms with Crippen LogP contribution in [0, 0.1) is 0 Å². The molecular weight excluding hydrogens is 595 g/mol. The van der Waals surface area contributed by atoms with Gasteiger partial charge in [-0.25, -0.2) is 29.4 Å². The predicted octanol–water partition coefficient (Wildman–Crippen LogP) is 5.90. The van der Waals surface area contributed by atoms with Crippen LogP contribution in [-0.4, -0.2) is 35.6 Å². The normalized spacial score (nSPS) is 19.3. The van der Waals surface area contributed by atoms with E-state index < -0.39 is 17.9 Å². The molecule has 0 fully saturated rings. The van der Waals surface area contributed by atoms with Crippen LogP contribution in [0.2, 0.25) is 0 Å². The first-order chi connectivity index (χ1) is 20.5. The number of ether oxygens (including phenoxy) is 3. The molecule has 0 bridgehead atoms. The number of rotatable bonds is 6. The molecule has 0 saturated carbocycles. The molecule has 0 amide bonds. The first-order valence-electron chi connectivity index (χ1n) is 12.3. The lowest BCUT2D eigenvalue weighted by atomic mass is 10.0. The number of cyclic esters (lactones) is 3. The van der Waals surface area contributed by atoms with Crippen molar-refractivity contribution in [2.75, 3.05) is 0 Å². The van der Waals surface area contributed by atoms with Crippen LogP contribution >= 0.6 is 34.0 Å². The van der Waals surface area contributed by atoms with E-state index in [0.717, 1.165) is 14.6 Å². The van der Waals surface area contributed by atoms with Crippen molar-refractivity contribution in [3.05, 3.63) is 119 Å². The van der Waals surface area contributed by atoms with Crippen LogP contribution in [0.5, 0.6) is 0 Å². The number of hydrogen-bond donors (Lipinski definition) is 0. The molecule has 0 N–H and O–H groups in total. The zero-order chi connectivity index (χ0) is 28.6. The Balaban J connectivity index is 1.31. The second-order valence-electron chi connectivity index (χ2n) is 8.85. The van der Waals surface area contributed by atoms with Crippen molar-refractivity contribution in [2.24, 2.45) is 15.0 Å². The largest absolute Gasteiger partial charge is 0.402 e. The maximum absolute atomic E-state index is 12.6. The molecule has 6 heterocycles. The highest BCUT2D eigenvalue weighted by atomic mass is 32.1. The number of thiophene rings is 3. The summed E-state index contributed by atoms with van der Waals surface area (Å²) in [6.45, 7) is 0. The molecule has 0 atom stereocenters. The molecule has 0 unspecified atom stereocenters. The number of esters is 3. The molecular formula is C30H15N3O6S3. The Kier molecular flexibility index (Phi) is 6.62. The van der Waals surface area contributed by atoms with Crippen LogP contribution in [-0.2, 0) is 28.6 Å². The Hall–Kier alpha value is -5.04. The Labute approximate surface area is 249 Å². The SMILES string of the molecule is O=C1OC(c2cc(C3=N/C(=C\c4cccs4)C(=O)O3)cc(C3=N/C(=C/c4cccs4)C(=O)O3)c2)=N/C1=C\c1cccs1. The third kappa shape index (κ3) is 5.21. The van der Waals surface area contributed by atoms with E-state index in [2.05, 4.69) is 15.0 Å². The topological polar surface area (TPSA) is 116 Å². The predicted molar refractivity (Wildman–Crippen MR) is 161 cm³/mol. The first kappa shape index (κ1) is 25.9. The first-order valence-corrected chi connectivity index (χ1v) is 15.0. The van der Waals surface area contributed by atoms with E-state index in [1.54, 1.807) is 36.4 Å². The highest BCUT2D eigenvalue weighted by molar-refractivity contribution is 7.11. The molecule has 3 aromatic heterocycles. The second kappa shape index (κ2) is 10.7. The van der Waals surface area contributed by atoms with E-state index in [1.807, 2.05) is 52.5 Å². The number of nitrogens with zero attached hydrogens (tertiary/aromatic N) is 3. The maximum Gasteiger partial charge on any atom is 0.363 e. The van der Waals surface area contributed by atoms with Crippen molar-refractivity contribution in [3.8, 4) is 0 Å². The lowest BCUT2D eigenvalue weighted by Crippen LogP contribution is -2.13. The fraction of sp³-hybridized carbons (Fsp3) is 0. The summed E-state index contributed by atoms with van der Waals surface area (Å²) >= 11 is 4.38. The van der Waals surface area contributed by atoms with Crippen molar-refractivity contribution in [1.29, 1.82) is 0 Å². The molecule has 12 heteroatoms. The summed E-state index contributed by atoms with van der Waals surface area (Å²) < 4.78 is 16.5. The molecule has 9 nitrogen and oxygen atoms in total. The number of carbonyl (C=O) groups is 3. The molecule has 204 valence electrons. The summed E-state index contributed by atoms with van der Waals surface area (Å²) in [5, 5.41) is 5.67. The molecule has 42 heavy (non-hydrogen) atoms. The van der Waals surface area contributed by atoms with Crippen LogP contribution < -0.4 is 0 Å². The Morgan fingerprint density at radius 3 is 1.07 bits per heavy atom. The van der Waals surface area contributed by atoms with Gasteiger partial charge in [-0.1, -0.05) is 18.2 Å². The fourth-order valence-corrected chi connectivity index (χ4v) is 6.07. The quantitative estimate of drug-likeness (QED) is 0.153. The highest BCUT2D eigenvalue weighted by Gasteiger charge is 2.31. The summed E-state index contributed by atoms with van der Waals surface area (Å²) in [6, 6.07) is 16.1. The van der Waals surface area contributed by atoms with Crippen LogP contribution in [0.1, 0.15) is 31.3 Å². The van der Waals surface area contributed by atoms with E-state index >= 15 is 0 Å². The van der Waals surface area contributed by atoms with Gasteiger partial charge < -0.3 is 14.2 Å². The zero-order valence-electron chi connectivity index (χ0n) is 21.2. The number of carbonyl (C=O) groups excluding carboxylic acids is 3. The average Bonchev–Trinajstić information content (AvgIpc) is 3.82. The van der Waals surface area contributed by atoms with E-state index in [1.165, 1.54) is 34.0 Å².